The van der Waals surface area contributed by atoms with Crippen LogP contribution in [0.25, 0.3) is 0 Å². The Labute approximate surface area is 115 Å². The van der Waals surface area contributed by atoms with Crippen LogP contribution in [0.3, 0.4) is 0 Å². The Bertz CT molecular complexity index is 436. The summed E-state index contributed by atoms with van der Waals surface area (Å²) in [6.45, 7) is 4.19. The van der Waals surface area contributed by atoms with E-state index in [1.807, 2.05) is 19.1 Å². The number of anilines is 1. The van der Waals surface area contributed by atoms with Crippen LogP contribution in [0, 0.1) is 12.8 Å². The van der Waals surface area contributed by atoms with E-state index in [2.05, 4.69) is 12.2 Å². The normalized spacial score (nSPS) is 23.1. The smallest absolute Gasteiger partial charge is 0.251 e. The lowest BCUT2D eigenvalue weighted by molar-refractivity contribution is 0.0919. The Morgan fingerprint density at radius 1 is 1.37 bits per heavy atom. The molecule has 2 atom stereocenters. The molecule has 0 heterocycles. The molecule has 0 aliphatic heterocycles. The number of hydrogen-bond acceptors (Lipinski definition) is 2. The zero-order valence-corrected chi connectivity index (χ0v) is 11.9. The molecule has 19 heavy (non-hydrogen) atoms. The van der Waals surface area contributed by atoms with Crippen molar-refractivity contribution in [1.29, 1.82) is 0 Å². The summed E-state index contributed by atoms with van der Waals surface area (Å²) < 4.78 is 0. The Morgan fingerprint density at radius 3 is 2.84 bits per heavy atom. The fourth-order valence-electron chi connectivity index (χ4n) is 3.01. The first-order valence-electron chi connectivity index (χ1n) is 7.26. The first-order chi connectivity index (χ1) is 9.08. The number of aryl methyl sites for hydroxylation is 1. The quantitative estimate of drug-likeness (QED) is 0.819. The van der Waals surface area contributed by atoms with Crippen molar-refractivity contribution in [3.63, 3.8) is 0 Å². The number of rotatable bonds is 3. The number of hydrogen-bond donors (Lipinski definition) is 2. The van der Waals surface area contributed by atoms with Gasteiger partial charge in [-0.15, -0.1) is 0 Å². The van der Waals surface area contributed by atoms with Crippen molar-refractivity contribution in [2.45, 2.75) is 52.0 Å². The molecular weight excluding hydrogens is 236 g/mol. The second-order valence-electron chi connectivity index (χ2n) is 5.74. The summed E-state index contributed by atoms with van der Waals surface area (Å²) in [6.07, 6.45) is 5.95. The van der Waals surface area contributed by atoms with Gasteiger partial charge < -0.3 is 11.1 Å². The number of nitrogens with one attached hydrogen (secondary N) is 1. The van der Waals surface area contributed by atoms with Gasteiger partial charge >= 0.3 is 0 Å². The minimum atomic E-state index is 0.0113. The van der Waals surface area contributed by atoms with Crippen LogP contribution in [0.4, 0.5) is 5.69 Å². The third kappa shape index (κ3) is 3.72. The van der Waals surface area contributed by atoms with Gasteiger partial charge in [-0.1, -0.05) is 26.2 Å². The number of benzene rings is 1. The fraction of sp³-hybridized carbons (Fsp3) is 0.562. The van der Waals surface area contributed by atoms with Crippen LogP contribution in [-0.4, -0.2) is 11.9 Å². The van der Waals surface area contributed by atoms with Crippen molar-refractivity contribution in [3.05, 3.63) is 29.3 Å². The van der Waals surface area contributed by atoms with Crippen LogP contribution in [0.2, 0.25) is 0 Å². The molecule has 0 saturated heterocycles. The third-order valence-corrected chi connectivity index (χ3v) is 4.06. The lowest BCUT2D eigenvalue weighted by Crippen LogP contribution is -2.38. The Hall–Kier alpha value is -1.51. The van der Waals surface area contributed by atoms with Gasteiger partial charge in [0.05, 0.1) is 0 Å². The average molecular weight is 260 g/mol. The largest absolute Gasteiger partial charge is 0.399 e. The summed E-state index contributed by atoms with van der Waals surface area (Å²) in [5, 5.41) is 3.16. The highest BCUT2D eigenvalue weighted by molar-refractivity contribution is 5.95. The molecule has 3 N–H and O–H groups in total. The van der Waals surface area contributed by atoms with Gasteiger partial charge in [-0.2, -0.15) is 0 Å². The molecule has 0 bridgehead atoms. The molecule has 1 aliphatic carbocycles. The third-order valence-electron chi connectivity index (χ3n) is 4.06. The van der Waals surface area contributed by atoms with Crippen molar-refractivity contribution in [2.24, 2.45) is 5.92 Å². The lowest BCUT2D eigenvalue weighted by atomic mass is 9.84. The highest BCUT2D eigenvalue weighted by Crippen LogP contribution is 2.26. The van der Waals surface area contributed by atoms with Crippen LogP contribution in [0.1, 0.15) is 54.9 Å². The van der Waals surface area contributed by atoms with Crippen LogP contribution in [0.5, 0.6) is 0 Å². The molecule has 1 amide bonds. The predicted octanol–water partition coefficient (Wildman–Crippen LogP) is 3.28. The molecule has 2 rings (SSSR count). The summed E-state index contributed by atoms with van der Waals surface area (Å²) in [5.74, 6) is 0.777. The topological polar surface area (TPSA) is 55.1 Å². The molecule has 104 valence electrons. The van der Waals surface area contributed by atoms with Crippen molar-refractivity contribution in [2.75, 3.05) is 5.73 Å². The molecule has 0 aromatic heterocycles. The average Bonchev–Trinajstić information content (AvgIpc) is 2.37. The molecule has 2 unspecified atom stereocenters. The Kier molecular flexibility index (Phi) is 4.46. The minimum Gasteiger partial charge on any atom is -0.399 e. The van der Waals surface area contributed by atoms with E-state index >= 15 is 0 Å². The van der Waals surface area contributed by atoms with Gasteiger partial charge in [0.2, 0.25) is 0 Å². The molecule has 1 aliphatic rings. The van der Waals surface area contributed by atoms with Crippen molar-refractivity contribution < 1.29 is 4.79 Å². The summed E-state index contributed by atoms with van der Waals surface area (Å²) in [4.78, 5) is 12.2. The van der Waals surface area contributed by atoms with E-state index in [9.17, 15) is 4.79 Å². The van der Waals surface area contributed by atoms with Gasteiger partial charge in [0, 0.05) is 17.3 Å². The monoisotopic (exact) mass is 260 g/mol. The molecule has 1 saturated carbocycles. The standard InChI is InChI=1S/C16H24N2O/c1-3-12-5-4-6-15(9-12)18-16(19)13-7-11(2)8-14(17)10-13/h7-8,10,12,15H,3-6,9,17H2,1-2H3,(H,18,19). The van der Waals surface area contributed by atoms with Gasteiger partial charge in [-0.05, 0) is 49.4 Å². The van der Waals surface area contributed by atoms with E-state index in [0.29, 0.717) is 17.3 Å². The maximum atomic E-state index is 12.2. The van der Waals surface area contributed by atoms with Crippen LogP contribution >= 0.6 is 0 Å². The van der Waals surface area contributed by atoms with Crippen molar-refractivity contribution >= 4 is 11.6 Å². The molecule has 1 aromatic rings. The second kappa shape index (κ2) is 6.09. The molecule has 3 nitrogen and oxygen atoms in total. The van der Waals surface area contributed by atoms with Gasteiger partial charge in [0.25, 0.3) is 5.91 Å². The zero-order valence-electron chi connectivity index (χ0n) is 11.9. The molecule has 1 fully saturated rings. The summed E-state index contributed by atoms with van der Waals surface area (Å²) in [7, 11) is 0. The SMILES string of the molecule is CCC1CCCC(NC(=O)c2cc(C)cc(N)c2)C1. The summed E-state index contributed by atoms with van der Waals surface area (Å²) in [5.41, 5.74) is 8.15. The summed E-state index contributed by atoms with van der Waals surface area (Å²) >= 11 is 0. The van der Waals surface area contributed by atoms with Crippen LogP contribution in [0.15, 0.2) is 18.2 Å². The highest BCUT2D eigenvalue weighted by Gasteiger charge is 2.22. The predicted molar refractivity (Wildman–Crippen MR) is 79.1 cm³/mol. The second-order valence-corrected chi connectivity index (χ2v) is 5.74. The summed E-state index contributed by atoms with van der Waals surface area (Å²) in [6, 6.07) is 5.85. The van der Waals surface area contributed by atoms with Crippen LogP contribution in [-0.2, 0) is 0 Å². The molecule has 0 radical (unpaired) electrons. The number of carbonyl (C=O) groups is 1. The number of amides is 1. The Balaban J connectivity index is 2.00. The molecule has 3 heteroatoms. The maximum absolute atomic E-state index is 12.2. The number of carbonyl (C=O) groups excluding carboxylic acids is 1. The lowest BCUT2D eigenvalue weighted by Gasteiger charge is -2.29. The van der Waals surface area contributed by atoms with Gasteiger partial charge in [-0.25, -0.2) is 0 Å². The van der Waals surface area contributed by atoms with E-state index in [1.54, 1.807) is 6.07 Å². The van der Waals surface area contributed by atoms with E-state index < -0.39 is 0 Å². The highest BCUT2D eigenvalue weighted by atomic mass is 16.1. The Morgan fingerprint density at radius 2 is 2.16 bits per heavy atom. The molecule has 0 spiro atoms. The van der Waals surface area contributed by atoms with E-state index in [0.717, 1.165) is 24.3 Å². The van der Waals surface area contributed by atoms with E-state index in [4.69, 9.17) is 5.73 Å². The van der Waals surface area contributed by atoms with Crippen LogP contribution < -0.4 is 11.1 Å². The van der Waals surface area contributed by atoms with Crippen molar-refractivity contribution in [3.8, 4) is 0 Å². The first-order valence-corrected chi connectivity index (χ1v) is 7.26. The zero-order chi connectivity index (χ0) is 13.8. The number of nitrogen functional groups attached to an aromatic ring is 1. The van der Waals surface area contributed by atoms with E-state index in [-0.39, 0.29) is 5.91 Å². The molecular formula is C16H24N2O. The van der Waals surface area contributed by atoms with Crippen molar-refractivity contribution in [1.82, 2.24) is 5.32 Å². The maximum Gasteiger partial charge on any atom is 0.251 e. The minimum absolute atomic E-state index is 0.0113. The van der Waals surface area contributed by atoms with Gasteiger partial charge in [0.15, 0.2) is 0 Å². The molecule has 1 aromatic carbocycles. The van der Waals surface area contributed by atoms with E-state index in [1.165, 1.54) is 19.3 Å². The van der Waals surface area contributed by atoms with Gasteiger partial charge in [-0.3, -0.25) is 4.79 Å². The first kappa shape index (κ1) is 13.9. The number of nitrogens with two attached hydrogens (primary N) is 1. The fourth-order valence-corrected chi connectivity index (χ4v) is 3.01. The van der Waals surface area contributed by atoms with Gasteiger partial charge in [0.1, 0.15) is 0 Å².